The number of hydrogen-bond acceptors (Lipinski definition) is 6. The van der Waals surface area contributed by atoms with Crippen LogP contribution in [-0.4, -0.2) is 37.2 Å². The molecule has 0 saturated heterocycles. The van der Waals surface area contributed by atoms with Gasteiger partial charge in [-0.3, -0.25) is 14.4 Å². The molecule has 0 aliphatic carbocycles. The molecule has 1 atom stereocenters. The van der Waals surface area contributed by atoms with Gasteiger partial charge in [-0.15, -0.1) is 0 Å². The van der Waals surface area contributed by atoms with Crippen molar-refractivity contribution in [3.63, 3.8) is 0 Å². The summed E-state index contributed by atoms with van der Waals surface area (Å²) >= 11 is 0. The number of allylic oxidation sites excluding steroid dienone is 14. The Morgan fingerprint density at radius 2 is 0.500 bits per heavy atom. The molecule has 0 fully saturated rings. The third-order valence-electron chi connectivity index (χ3n) is 14.6. The van der Waals surface area contributed by atoms with Crippen molar-refractivity contribution >= 4 is 17.9 Å². The molecule has 0 bridgehead atoms. The summed E-state index contributed by atoms with van der Waals surface area (Å²) < 4.78 is 17.0. The van der Waals surface area contributed by atoms with E-state index in [0.717, 1.165) is 96.3 Å². The maximum Gasteiger partial charge on any atom is 0.306 e. The van der Waals surface area contributed by atoms with E-state index in [-0.39, 0.29) is 31.1 Å². The summed E-state index contributed by atoms with van der Waals surface area (Å²) in [5, 5.41) is 0. The lowest BCUT2D eigenvalue weighted by atomic mass is 10.0. The third-order valence-corrected chi connectivity index (χ3v) is 14.6. The molecule has 0 radical (unpaired) electrons. The molecule has 0 spiro atoms. The number of carbonyl (C=O) groups is 3. The van der Waals surface area contributed by atoms with Gasteiger partial charge in [0.2, 0.25) is 0 Å². The Hall–Kier alpha value is -3.41. The molecule has 6 nitrogen and oxygen atoms in total. The fraction of sp³-hybridized carbons (Fsp3) is 0.764. The Morgan fingerprint density at radius 1 is 0.269 bits per heavy atom. The highest BCUT2D eigenvalue weighted by Gasteiger charge is 2.19. The van der Waals surface area contributed by atoms with Crippen molar-refractivity contribution in [1.29, 1.82) is 0 Å². The minimum absolute atomic E-state index is 0.0793. The normalized spacial score (nSPS) is 12.6. The van der Waals surface area contributed by atoms with E-state index in [1.165, 1.54) is 199 Å². The second-order valence-corrected chi connectivity index (χ2v) is 22.3. The van der Waals surface area contributed by atoms with Crippen LogP contribution in [0.15, 0.2) is 85.1 Å². The van der Waals surface area contributed by atoms with Crippen LogP contribution in [0.25, 0.3) is 0 Å². The van der Waals surface area contributed by atoms with E-state index in [2.05, 4.69) is 106 Å². The fourth-order valence-electron chi connectivity index (χ4n) is 9.58. The van der Waals surface area contributed by atoms with Crippen molar-refractivity contribution < 1.29 is 28.6 Å². The number of carbonyl (C=O) groups excluding carboxylic acids is 3. The topological polar surface area (TPSA) is 78.9 Å². The first-order valence-corrected chi connectivity index (χ1v) is 33.6. The Bertz CT molecular complexity index is 1480. The molecule has 0 aromatic heterocycles. The number of esters is 3. The van der Waals surface area contributed by atoms with E-state index >= 15 is 0 Å². The summed E-state index contributed by atoms with van der Waals surface area (Å²) in [6, 6.07) is 0. The largest absolute Gasteiger partial charge is 0.462 e. The minimum Gasteiger partial charge on any atom is -0.462 e. The molecule has 0 N–H and O–H groups in total. The number of rotatable bonds is 61. The highest BCUT2D eigenvalue weighted by molar-refractivity contribution is 5.71. The molecule has 0 aliphatic heterocycles. The summed E-state index contributed by atoms with van der Waals surface area (Å²) in [5.74, 6) is -0.877. The van der Waals surface area contributed by atoms with Gasteiger partial charge in [-0.25, -0.2) is 0 Å². The summed E-state index contributed by atoms with van der Waals surface area (Å²) in [6.07, 6.45) is 87.3. The molecule has 6 heteroatoms. The Balaban J connectivity index is 4.31. The zero-order chi connectivity index (χ0) is 56.4. The quantitative estimate of drug-likeness (QED) is 0.0261. The lowest BCUT2D eigenvalue weighted by molar-refractivity contribution is -0.167. The van der Waals surface area contributed by atoms with Crippen LogP contribution in [0.5, 0.6) is 0 Å². The molecule has 0 aliphatic rings. The van der Waals surface area contributed by atoms with Crippen LogP contribution in [0.1, 0.15) is 335 Å². The Morgan fingerprint density at radius 3 is 0.795 bits per heavy atom. The van der Waals surface area contributed by atoms with E-state index in [9.17, 15) is 14.4 Å². The molecular formula is C72H126O6. The van der Waals surface area contributed by atoms with Crippen LogP contribution in [0, 0.1) is 0 Å². The standard InChI is InChI=1S/C72H126O6/c1-4-7-10-13-16-19-22-25-28-30-32-33-34-35-36-37-38-39-41-42-44-47-50-53-56-59-62-65-71(74)77-68-69(67-76-70(73)64-61-58-55-52-49-46-27-24-21-18-15-12-9-6-3)78-72(75)66-63-60-57-54-51-48-45-43-40-31-29-26-23-20-17-14-11-8-5-2/h7,10,16,19,24-29,32-33,35-36,69H,4-6,8-9,11-15,17-18,20-23,30-31,34,37-68H2,1-3H3/b10-7-,19-16-,27-24-,28-25-,29-26-,33-32-,36-35-. The lowest BCUT2D eigenvalue weighted by Gasteiger charge is -2.18. The van der Waals surface area contributed by atoms with Gasteiger partial charge in [-0.1, -0.05) is 286 Å². The van der Waals surface area contributed by atoms with Crippen LogP contribution in [0.3, 0.4) is 0 Å². The minimum atomic E-state index is -0.783. The predicted octanol–water partition coefficient (Wildman–Crippen LogP) is 23.1. The molecule has 0 rings (SSSR count). The van der Waals surface area contributed by atoms with Crippen molar-refractivity contribution in [3.8, 4) is 0 Å². The highest BCUT2D eigenvalue weighted by atomic mass is 16.6. The first-order chi connectivity index (χ1) is 38.5. The van der Waals surface area contributed by atoms with Crippen molar-refractivity contribution in [3.05, 3.63) is 85.1 Å². The van der Waals surface area contributed by atoms with Gasteiger partial charge in [0.1, 0.15) is 13.2 Å². The second kappa shape index (κ2) is 66.1. The molecule has 0 amide bonds. The van der Waals surface area contributed by atoms with Crippen LogP contribution in [-0.2, 0) is 28.6 Å². The molecule has 0 heterocycles. The van der Waals surface area contributed by atoms with Crippen molar-refractivity contribution in [2.75, 3.05) is 13.2 Å². The third kappa shape index (κ3) is 63.4. The van der Waals surface area contributed by atoms with Crippen LogP contribution in [0.2, 0.25) is 0 Å². The van der Waals surface area contributed by atoms with Gasteiger partial charge in [0.05, 0.1) is 0 Å². The van der Waals surface area contributed by atoms with Gasteiger partial charge < -0.3 is 14.2 Å². The average Bonchev–Trinajstić information content (AvgIpc) is 3.44. The highest BCUT2D eigenvalue weighted by Crippen LogP contribution is 2.17. The second-order valence-electron chi connectivity index (χ2n) is 22.3. The molecule has 450 valence electrons. The maximum atomic E-state index is 12.9. The van der Waals surface area contributed by atoms with E-state index in [1.54, 1.807) is 0 Å². The van der Waals surface area contributed by atoms with Crippen molar-refractivity contribution in [2.45, 2.75) is 341 Å². The summed E-state index contributed by atoms with van der Waals surface area (Å²) in [5.41, 5.74) is 0. The zero-order valence-electron chi connectivity index (χ0n) is 51.7. The Kier molecular flexibility index (Phi) is 63.2. The number of ether oxygens (including phenoxy) is 3. The van der Waals surface area contributed by atoms with Gasteiger partial charge >= 0.3 is 17.9 Å². The van der Waals surface area contributed by atoms with E-state index in [0.29, 0.717) is 19.3 Å². The number of unbranched alkanes of at least 4 members (excludes halogenated alkanes) is 36. The zero-order valence-corrected chi connectivity index (χ0v) is 51.7. The molecule has 0 saturated carbocycles. The van der Waals surface area contributed by atoms with Crippen LogP contribution in [0.4, 0.5) is 0 Å². The summed E-state index contributed by atoms with van der Waals surface area (Å²) in [4.78, 5) is 38.4. The van der Waals surface area contributed by atoms with Crippen molar-refractivity contribution in [1.82, 2.24) is 0 Å². The molecule has 1 unspecified atom stereocenters. The lowest BCUT2D eigenvalue weighted by Crippen LogP contribution is -2.30. The summed E-state index contributed by atoms with van der Waals surface area (Å²) in [7, 11) is 0. The Labute approximate surface area is 484 Å². The maximum absolute atomic E-state index is 12.9. The van der Waals surface area contributed by atoms with Gasteiger partial charge in [0, 0.05) is 19.3 Å². The number of hydrogen-bond donors (Lipinski definition) is 0. The van der Waals surface area contributed by atoms with E-state index in [4.69, 9.17) is 14.2 Å². The van der Waals surface area contributed by atoms with Gasteiger partial charge in [-0.2, -0.15) is 0 Å². The summed E-state index contributed by atoms with van der Waals surface area (Å²) in [6.45, 7) is 6.54. The van der Waals surface area contributed by atoms with Crippen LogP contribution < -0.4 is 0 Å². The molecule has 0 aromatic rings. The predicted molar refractivity (Wildman–Crippen MR) is 339 cm³/mol. The average molecular weight is 1090 g/mol. The van der Waals surface area contributed by atoms with E-state index in [1.807, 2.05) is 0 Å². The van der Waals surface area contributed by atoms with Gasteiger partial charge in [0.25, 0.3) is 0 Å². The fourth-order valence-corrected chi connectivity index (χ4v) is 9.58. The monoisotopic (exact) mass is 1090 g/mol. The van der Waals surface area contributed by atoms with Gasteiger partial charge in [-0.05, 0) is 116 Å². The molecule has 78 heavy (non-hydrogen) atoms. The first kappa shape index (κ1) is 74.6. The molecular weight excluding hydrogens is 961 g/mol. The van der Waals surface area contributed by atoms with E-state index < -0.39 is 6.10 Å². The SMILES string of the molecule is CC/C=C\C/C=C\C/C=C\C/C=C\C/C=C\CCCCCCCCCCCCCC(=O)OCC(COC(=O)CCCCCCC/C=C\CCCCCCC)OC(=O)CCCCCCCCCCC/C=C\CCCCCCCC. The first-order valence-electron chi connectivity index (χ1n) is 33.6. The van der Waals surface area contributed by atoms with Crippen LogP contribution >= 0.6 is 0 Å². The van der Waals surface area contributed by atoms with Gasteiger partial charge in [0.15, 0.2) is 6.10 Å². The molecule has 0 aromatic carbocycles. The van der Waals surface area contributed by atoms with Crippen molar-refractivity contribution in [2.24, 2.45) is 0 Å². The smallest absolute Gasteiger partial charge is 0.306 e.